The van der Waals surface area contributed by atoms with Gasteiger partial charge in [-0.15, -0.1) is 0 Å². The maximum atomic E-state index is 13.8. The number of halogens is 4. The molecule has 0 bridgehead atoms. The zero-order valence-electron chi connectivity index (χ0n) is 16.5. The van der Waals surface area contributed by atoms with Crippen LogP contribution in [0.15, 0.2) is 66.4 Å². The number of benzene rings is 3. The Morgan fingerprint density at radius 2 is 1.44 bits per heavy atom. The molecular formula is C23H14F4N2O3. The van der Waals surface area contributed by atoms with E-state index in [4.69, 9.17) is 4.74 Å². The molecule has 0 saturated carbocycles. The molecule has 1 aliphatic heterocycles. The Hall–Kier alpha value is -4.14. The van der Waals surface area contributed by atoms with Crippen molar-refractivity contribution in [2.45, 2.75) is 0 Å². The first-order chi connectivity index (χ1) is 15.3. The van der Waals surface area contributed by atoms with E-state index >= 15 is 0 Å². The first-order valence-electron chi connectivity index (χ1n) is 9.25. The quantitative estimate of drug-likeness (QED) is 0.462. The molecule has 4 rings (SSSR count). The zero-order chi connectivity index (χ0) is 23.0. The van der Waals surface area contributed by atoms with Crippen molar-refractivity contribution < 1.29 is 31.9 Å². The fourth-order valence-electron chi connectivity index (χ4n) is 3.32. The van der Waals surface area contributed by atoms with Crippen LogP contribution < -0.4 is 15.0 Å². The molecule has 1 N–H and O–H groups in total. The maximum Gasteiger partial charge on any atom is 0.282 e. The molecule has 0 saturated heterocycles. The van der Waals surface area contributed by atoms with Gasteiger partial charge in [-0.1, -0.05) is 18.2 Å². The van der Waals surface area contributed by atoms with Crippen molar-refractivity contribution in [3.05, 3.63) is 95.2 Å². The molecule has 162 valence electrons. The summed E-state index contributed by atoms with van der Waals surface area (Å²) in [6.07, 6.45) is 0. The van der Waals surface area contributed by atoms with E-state index in [9.17, 15) is 27.2 Å². The lowest BCUT2D eigenvalue weighted by atomic mass is 10.0. The van der Waals surface area contributed by atoms with Crippen molar-refractivity contribution in [3.63, 3.8) is 0 Å². The number of ether oxygens (including phenoxy) is 1. The van der Waals surface area contributed by atoms with E-state index in [-0.39, 0.29) is 34.0 Å². The van der Waals surface area contributed by atoms with Crippen molar-refractivity contribution >= 4 is 28.8 Å². The van der Waals surface area contributed by atoms with Crippen LogP contribution in [0.2, 0.25) is 0 Å². The third kappa shape index (κ3) is 3.58. The molecule has 3 aromatic rings. The zero-order valence-corrected chi connectivity index (χ0v) is 16.5. The van der Waals surface area contributed by atoms with E-state index in [1.54, 1.807) is 18.2 Å². The third-order valence-corrected chi connectivity index (χ3v) is 4.81. The monoisotopic (exact) mass is 442 g/mol. The summed E-state index contributed by atoms with van der Waals surface area (Å²) in [5.74, 6) is -6.12. The summed E-state index contributed by atoms with van der Waals surface area (Å²) in [7, 11) is 1.37. The molecule has 0 unspecified atom stereocenters. The van der Waals surface area contributed by atoms with Gasteiger partial charge in [0, 0.05) is 23.4 Å². The minimum atomic E-state index is -1.25. The summed E-state index contributed by atoms with van der Waals surface area (Å²) in [4.78, 5) is 27.2. The normalized spacial score (nSPS) is 13.7. The van der Waals surface area contributed by atoms with Gasteiger partial charge in [0.15, 0.2) is 23.3 Å². The molecule has 0 aliphatic carbocycles. The number of carbonyl (C=O) groups is 2. The van der Waals surface area contributed by atoms with E-state index in [1.165, 1.54) is 19.2 Å². The predicted octanol–water partition coefficient (Wildman–Crippen LogP) is 4.65. The number of carbonyl (C=O) groups excluding carboxylic acids is 2. The first kappa shape index (κ1) is 21.1. The second kappa shape index (κ2) is 8.18. The number of nitrogens with one attached hydrogen (secondary N) is 1. The third-order valence-electron chi connectivity index (χ3n) is 4.81. The van der Waals surface area contributed by atoms with Gasteiger partial charge in [0.1, 0.15) is 11.4 Å². The molecule has 1 heterocycles. The van der Waals surface area contributed by atoms with Gasteiger partial charge in [0.2, 0.25) is 0 Å². The largest absolute Gasteiger partial charge is 0.496 e. The smallest absolute Gasteiger partial charge is 0.282 e. The summed E-state index contributed by atoms with van der Waals surface area (Å²) in [6, 6.07) is 11.8. The predicted molar refractivity (Wildman–Crippen MR) is 109 cm³/mol. The lowest BCUT2D eigenvalue weighted by Gasteiger charge is -2.16. The molecule has 0 aromatic heterocycles. The first-order valence-corrected chi connectivity index (χ1v) is 9.25. The lowest BCUT2D eigenvalue weighted by Crippen LogP contribution is -2.32. The van der Waals surface area contributed by atoms with E-state index in [0.717, 1.165) is 24.3 Å². The van der Waals surface area contributed by atoms with Gasteiger partial charge in [-0.2, -0.15) is 0 Å². The number of nitrogens with zero attached hydrogens (tertiary/aromatic N) is 1. The van der Waals surface area contributed by atoms with E-state index in [0.29, 0.717) is 11.0 Å². The maximum absolute atomic E-state index is 13.8. The second-order valence-electron chi connectivity index (χ2n) is 6.75. The average Bonchev–Trinajstić information content (AvgIpc) is 3.02. The molecule has 0 radical (unpaired) electrons. The molecule has 32 heavy (non-hydrogen) atoms. The van der Waals surface area contributed by atoms with E-state index in [2.05, 4.69) is 5.32 Å². The summed E-state index contributed by atoms with van der Waals surface area (Å²) in [5, 5.41) is 2.65. The van der Waals surface area contributed by atoms with Gasteiger partial charge in [-0.25, -0.2) is 22.5 Å². The van der Waals surface area contributed by atoms with Crippen LogP contribution in [0.4, 0.5) is 28.9 Å². The SMILES string of the molecule is COc1ccccc1C1=C(Nc2ccc(F)c(F)c2)C(=O)N(c2ccc(F)c(F)c2)C1=O. The molecule has 0 atom stereocenters. The van der Waals surface area contributed by atoms with Gasteiger partial charge in [0.05, 0.1) is 18.4 Å². The fraction of sp³-hybridized carbons (Fsp3) is 0.0435. The van der Waals surface area contributed by atoms with Gasteiger partial charge < -0.3 is 10.1 Å². The van der Waals surface area contributed by atoms with Crippen molar-refractivity contribution in [2.24, 2.45) is 0 Å². The highest BCUT2D eigenvalue weighted by molar-refractivity contribution is 6.46. The van der Waals surface area contributed by atoms with Crippen LogP contribution in [-0.4, -0.2) is 18.9 Å². The number of amides is 2. The molecule has 3 aromatic carbocycles. The van der Waals surface area contributed by atoms with Crippen LogP contribution in [0.25, 0.3) is 5.57 Å². The van der Waals surface area contributed by atoms with Crippen LogP contribution in [0.3, 0.4) is 0 Å². The number of imide groups is 1. The summed E-state index contributed by atoms with van der Waals surface area (Å²) < 4.78 is 59.5. The average molecular weight is 442 g/mol. The van der Waals surface area contributed by atoms with Crippen molar-refractivity contribution in [2.75, 3.05) is 17.3 Å². The van der Waals surface area contributed by atoms with Crippen LogP contribution in [-0.2, 0) is 9.59 Å². The van der Waals surface area contributed by atoms with Crippen molar-refractivity contribution in [3.8, 4) is 5.75 Å². The Morgan fingerprint density at radius 3 is 2.09 bits per heavy atom. The van der Waals surface area contributed by atoms with Crippen LogP contribution in [0, 0.1) is 23.3 Å². The Balaban J connectivity index is 1.87. The molecule has 9 heteroatoms. The molecule has 0 fully saturated rings. The molecule has 5 nitrogen and oxygen atoms in total. The van der Waals surface area contributed by atoms with Gasteiger partial charge >= 0.3 is 0 Å². The summed E-state index contributed by atoms with van der Waals surface area (Å²) in [6.45, 7) is 0. The summed E-state index contributed by atoms with van der Waals surface area (Å²) >= 11 is 0. The van der Waals surface area contributed by atoms with Gasteiger partial charge in [0.25, 0.3) is 11.8 Å². The summed E-state index contributed by atoms with van der Waals surface area (Å²) in [5.41, 5.74) is -0.367. The highest BCUT2D eigenvalue weighted by Gasteiger charge is 2.41. The minimum Gasteiger partial charge on any atom is -0.496 e. The standard InChI is InChI=1S/C23H14F4N2O3/c1-32-19-5-3-2-4-14(19)20-21(28-12-6-8-15(24)17(26)10-12)23(31)29(22(20)30)13-7-9-16(25)18(27)11-13/h2-11,28H,1H3. The number of hydrogen-bond acceptors (Lipinski definition) is 4. The number of methoxy groups -OCH3 is 1. The highest BCUT2D eigenvalue weighted by atomic mass is 19.2. The van der Waals surface area contributed by atoms with E-state index < -0.39 is 35.1 Å². The molecule has 1 aliphatic rings. The molecular weight excluding hydrogens is 428 g/mol. The van der Waals surface area contributed by atoms with Crippen LogP contribution in [0.5, 0.6) is 5.75 Å². The van der Waals surface area contributed by atoms with E-state index in [1.807, 2.05) is 0 Å². The Morgan fingerprint density at radius 1 is 0.781 bits per heavy atom. The Bertz CT molecular complexity index is 1290. The van der Waals surface area contributed by atoms with Gasteiger partial charge in [-0.3, -0.25) is 9.59 Å². The highest BCUT2D eigenvalue weighted by Crippen LogP contribution is 2.37. The van der Waals surface area contributed by atoms with Crippen molar-refractivity contribution in [1.82, 2.24) is 0 Å². The topological polar surface area (TPSA) is 58.6 Å². The van der Waals surface area contributed by atoms with Gasteiger partial charge in [-0.05, 0) is 30.3 Å². The number of hydrogen-bond donors (Lipinski definition) is 1. The molecule has 2 amide bonds. The van der Waals surface area contributed by atoms with Crippen LogP contribution in [0.1, 0.15) is 5.56 Å². The second-order valence-corrected chi connectivity index (χ2v) is 6.75. The Labute approximate surface area is 179 Å². The fourth-order valence-corrected chi connectivity index (χ4v) is 3.32. The lowest BCUT2D eigenvalue weighted by molar-refractivity contribution is -0.120. The number of para-hydroxylation sites is 1. The molecule has 0 spiro atoms. The minimum absolute atomic E-state index is 0.000385. The number of anilines is 2. The van der Waals surface area contributed by atoms with Crippen LogP contribution >= 0.6 is 0 Å². The number of rotatable bonds is 5. The van der Waals surface area contributed by atoms with Crippen molar-refractivity contribution in [1.29, 1.82) is 0 Å². The Kier molecular flexibility index (Phi) is 5.40.